The van der Waals surface area contributed by atoms with Gasteiger partial charge >= 0.3 is 12.1 Å². The van der Waals surface area contributed by atoms with Gasteiger partial charge in [0, 0.05) is 5.69 Å². The van der Waals surface area contributed by atoms with Crippen LogP contribution >= 0.6 is 0 Å². The van der Waals surface area contributed by atoms with Gasteiger partial charge in [-0.15, -0.1) is 0 Å². The minimum atomic E-state index is -4.55. The zero-order valence-corrected chi connectivity index (χ0v) is 10.6. The summed E-state index contributed by atoms with van der Waals surface area (Å²) in [5, 5.41) is 11.5. The number of benzene rings is 2. The number of rotatable bonds is 3. The molecule has 110 valence electrons. The fraction of sp³-hybridized carbons (Fsp3) is 0.0714. The average Bonchev–Trinajstić information content (AvgIpc) is 2.37. The number of hydrogen-bond acceptors (Lipinski definition) is 3. The van der Waals surface area contributed by atoms with Crippen LogP contribution in [0.25, 0.3) is 0 Å². The van der Waals surface area contributed by atoms with E-state index < -0.39 is 17.7 Å². The minimum Gasteiger partial charge on any atom is -0.478 e. The van der Waals surface area contributed by atoms with Crippen molar-refractivity contribution in [3.05, 3.63) is 53.6 Å². The Labute approximate surface area is 118 Å². The van der Waals surface area contributed by atoms with Crippen LogP contribution in [0.1, 0.15) is 15.9 Å². The van der Waals surface area contributed by atoms with E-state index in [1.165, 1.54) is 36.4 Å². The van der Waals surface area contributed by atoms with Gasteiger partial charge in [0.25, 0.3) is 0 Å². The molecule has 0 saturated heterocycles. The Balaban J connectivity index is 2.49. The molecule has 7 heteroatoms. The fourth-order valence-corrected chi connectivity index (χ4v) is 1.84. The van der Waals surface area contributed by atoms with Gasteiger partial charge in [-0.3, -0.25) is 0 Å². The van der Waals surface area contributed by atoms with Gasteiger partial charge in [0.2, 0.25) is 0 Å². The number of nitrogen functional groups attached to an aromatic ring is 1. The van der Waals surface area contributed by atoms with Crippen molar-refractivity contribution >= 4 is 23.0 Å². The van der Waals surface area contributed by atoms with E-state index in [4.69, 9.17) is 10.8 Å². The summed E-state index contributed by atoms with van der Waals surface area (Å²) in [6.07, 6.45) is -4.55. The van der Waals surface area contributed by atoms with Crippen LogP contribution in [-0.2, 0) is 6.18 Å². The number of nitrogens with one attached hydrogen (secondary N) is 1. The molecule has 0 bridgehead atoms. The van der Waals surface area contributed by atoms with Gasteiger partial charge < -0.3 is 16.2 Å². The standard InChI is InChI=1S/C14H11F3N2O2/c15-14(16,17)10-3-1-2-4-11(10)19-12-7-8(18)5-6-9(12)13(20)21/h1-7,19H,18H2,(H,20,21). The predicted octanol–water partition coefficient (Wildman–Crippen LogP) is 3.73. The van der Waals surface area contributed by atoms with Crippen molar-refractivity contribution in [2.24, 2.45) is 0 Å². The highest BCUT2D eigenvalue weighted by Gasteiger charge is 2.33. The zero-order valence-electron chi connectivity index (χ0n) is 10.6. The summed E-state index contributed by atoms with van der Waals surface area (Å²) in [5.41, 5.74) is 4.50. The Bertz CT molecular complexity index is 684. The van der Waals surface area contributed by atoms with Crippen molar-refractivity contribution in [2.75, 3.05) is 11.1 Å². The van der Waals surface area contributed by atoms with E-state index in [9.17, 15) is 18.0 Å². The highest BCUT2D eigenvalue weighted by molar-refractivity contribution is 5.96. The summed E-state index contributed by atoms with van der Waals surface area (Å²) in [6, 6.07) is 8.68. The highest BCUT2D eigenvalue weighted by Crippen LogP contribution is 2.36. The molecule has 0 aliphatic heterocycles. The van der Waals surface area contributed by atoms with Crippen LogP contribution in [0.15, 0.2) is 42.5 Å². The van der Waals surface area contributed by atoms with Gasteiger partial charge in [0.1, 0.15) is 0 Å². The Hall–Kier alpha value is -2.70. The van der Waals surface area contributed by atoms with Gasteiger partial charge in [-0.1, -0.05) is 12.1 Å². The predicted molar refractivity (Wildman–Crippen MR) is 72.5 cm³/mol. The Kier molecular flexibility index (Phi) is 3.75. The quantitative estimate of drug-likeness (QED) is 0.754. The van der Waals surface area contributed by atoms with Gasteiger partial charge in [0.15, 0.2) is 0 Å². The lowest BCUT2D eigenvalue weighted by Gasteiger charge is -2.16. The number of aromatic carboxylic acids is 1. The lowest BCUT2D eigenvalue weighted by atomic mass is 10.1. The first-order valence-electron chi connectivity index (χ1n) is 5.85. The maximum Gasteiger partial charge on any atom is 0.418 e. The summed E-state index contributed by atoms with van der Waals surface area (Å²) < 4.78 is 38.7. The second-order valence-corrected chi connectivity index (χ2v) is 4.28. The molecule has 0 aromatic heterocycles. The molecule has 0 radical (unpaired) electrons. The zero-order chi connectivity index (χ0) is 15.6. The second-order valence-electron chi connectivity index (χ2n) is 4.28. The maximum absolute atomic E-state index is 12.9. The first-order valence-corrected chi connectivity index (χ1v) is 5.85. The maximum atomic E-state index is 12.9. The molecular formula is C14H11F3N2O2. The summed E-state index contributed by atoms with van der Waals surface area (Å²) in [5.74, 6) is -1.26. The lowest BCUT2D eigenvalue weighted by molar-refractivity contribution is -0.136. The van der Waals surface area contributed by atoms with E-state index in [2.05, 4.69) is 5.32 Å². The van der Waals surface area contributed by atoms with Crippen LogP contribution in [0, 0.1) is 0 Å². The number of carboxylic acid groups (broad SMARTS) is 1. The van der Waals surface area contributed by atoms with E-state index in [1.807, 2.05) is 0 Å². The molecule has 2 aromatic rings. The average molecular weight is 296 g/mol. The molecule has 0 atom stereocenters. The van der Waals surface area contributed by atoms with Crippen LogP contribution in [0.3, 0.4) is 0 Å². The van der Waals surface area contributed by atoms with Crippen molar-refractivity contribution in [1.82, 2.24) is 0 Å². The third kappa shape index (κ3) is 3.25. The highest BCUT2D eigenvalue weighted by atomic mass is 19.4. The monoisotopic (exact) mass is 296 g/mol. The molecule has 4 N–H and O–H groups in total. The number of alkyl halides is 3. The SMILES string of the molecule is Nc1ccc(C(=O)O)c(Nc2ccccc2C(F)(F)F)c1. The first kappa shape index (κ1) is 14.7. The van der Waals surface area contributed by atoms with Crippen LogP contribution in [-0.4, -0.2) is 11.1 Å². The number of nitrogens with two attached hydrogens (primary N) is 1. The van der Waals surface area contributed by atoms with Crippen LogP contribution in [0.2, 0.25) is 0 Å². The Morgan fingerprint density at radius 3 is 2.38 bits per heavy atom. The largest absolute Gasteiger partial charge is 0.478 e. The third-order valence-electron chi connectivity index (χ3n) is 2.78. The molecule has 0 aliphatic rings. The molecule has 0 fully saturated rings. The van der Waals surface area contributed by atoms with E-state index in [-0.39, 0.29) is 22.6 Å². The van der Waals surface area contributed by atoms with Crippen molar-refractivity contribution < 1.29 is 23.1 Å². The van der Waals surface area contributed by atoms with E-state index >= 15 is 0 Å². The molecule has 0 aliphatic carbocycles. The molecule has 0 saturated carbocycles. The molecule has 2 rings (SSSR count). The van der Waals surface area contributed by atoms with E-state index in [0.29, 0.717) is 0 Å². The Morgan fingerprint density at radius 1 is 1.10 bits per heavy atom. The third-order valence-corrected chi connectivity index (χ3v) is 2.78. The Morgan fingerprint density at radius 2 is 1.76 bits per heavy atom. The van der Waals surface area contributed by atoms with E-state index in [0.717, 1.165) is 6.07 Å². The van der Waals surface area contributed by atoms with Crippen molar-refractivity contribution in [2.45, 2.75) is 6.18 Å². The number of halogens is 3. The molecule has 0 amide bonds. The molecule has 2 aromatic carbocycles. The first-order chi connectivity index (χ1) is 9.79. The number of para-hydroxylation sites is 1. The summed E-state index contributed by atoms with van der Waals surface area (Å²) in [4.78, 5) is 11.1. The lowest BCUT2D eigenvalue weighted by Crippen LogP contribution is -2.10. The van der Waals surface area contributed by atoms with Crippen LogP contribution in [0.4, 0.5) is 30.2 Å². The van der Waals surface area contributed by atoms with E-state index in [1.54, 1.807) is 0 Å². The van der Waals surface area contributed by atoms with Crippen molar-refractivity contribution in [3.8, 4) is 0 Å². The number of carboxylic acids is 1. The molecule has 21 heavy (non-hydrogen) atoms. The van der Waals surface area contributed by atoms with Crippen molar-refractivity contribution in [3.63, 3.8) is 0 Å². The molecule has 4 nitrogen and oxygen atoms in total. The molecule has 0 unspecified atom stereocenters. The topological polar surface area (TPSA) is 75.4 Å². The molecule has 0 heterocycles. The van der Waals surface area contributed by atoms with Gasteiger partial charge in [-0.2, -0.15) is 13.2 Å². The number of carbonyl (C=O) groups is 1. The second kappa shape index (κ2) is 5.35. The van der Waals surface area contributed by atoms with Gasteiger partial charge in [0.05, 0.1) is 22.5 Å². The van der Waals surface area contributed by atoms with Crippen LogP contribution < -0.4 is 11.1 Å². The smallest absolute Gasteiger partial charge is 0.418 e. The fourth-order valence-electron chi connectivity index (χ4n) is 1.84. The summed E-state index contributed by atoms with van der Waals surface area (Å²) in [7, 11) is 0. The van der Waals surface area contributed by atoms with Gasteiger partial charge in [-0.25, -0.2) is 4.79 Å². The molecular weight excluding hydrogens is 285 g/mol. The number of anilines is 3. The summed E-state index contributed by atoms with van der Waals surface area (Å²) in [6.45, 7) is 0. The van der Waals surface area contributed by atoms with Gasteiger partial charge in [-0.05, 0) is 30.3 Å². The normalized spacial score (nSPS) is 11.2. The molecule has 0 spiro atoms. The minimum absolute atomic E-state index is 0.000741. The van der Waals surface area contributed by atoms with Crippen molar-refractivity contribution in [1.29, 1.82) is 0 Å². The van der Waals surface area contributed by atoms with Crippen LogP contribution in [0.5, 0.6) is 0 Å². The summed E-state index contributed by atoms with van der Waals surface area (Å²) >= 11 is 0. The number of hydrogen-bond donors (Lipinski definition) is 3.